The number of aromatic nitrogens is 3. The molecule has 2 aromatic heterocycles. The molecule has 5 nitrogen and oxygen atoms in total. The predicted octanol–water partition coefficient (Wildman–Crippen LogP) is 2.68. The molecule has 5 heteroatoms. The average molecular weight is 272 g/mol. The molecule has 0 spiro atoms. The van der Waals surface area contributed by atoms with Crippen LogP contribution in [0.1, 0.15) is 44.4 Å². The van der Waals surface area contributed by atoms with Crippen molar-refractivity contribution in [3.63, 3.8) is 0 Å². The molecule has 0 amide bonds. The monoisotopic (exact) mass is 272 g/mol. The molecule has 2 aromatic rings. The standard InChI is InChI=1S/C15H20N4O/c16-11-15(8-4-1-2-5-9-15)14-18-13(19-20-14)12-7-3-6-10-17-12/h3,6-7,10H,1-2,4-5,8-9,11,16H2. The third-order valence-electron chi connectivity index (χ3n) is 4.23. The van der Waals surface area contributed by atoms with E-state index in [1.165, 1.54) is 25.7 Å². The third kappa shape index (κ3) is 2.45. The first-order valence-corrected chi connectivity index (χ1v) is 7.30. The summed E-state index contributed by atoms with van der Waals surface area (Å²) in [5.74, 6) is 1.24. The first-order chi connectivity index (χ1) is 9.84. The van der Waals surface area contributed by atoms with Crippen molar-refractivity contribution in [2.75, 3.05) is 6.54 Å². The van der Waals surface area contributed by atoms with Gasteiger partial charge in [-0.05, 0) is 25.0 Å². The van der Waals surface area contributed by atoms with Gasteiger partial charge in [0.15, 0.2) is 0 Å². The molecule has 106 valence electrons. The Hall–Kier alpha value is -1.75. The summed E-state index contributed by atoms with van der Waals surface area (Å²) in [6.45, 7) is 0.566. The van der Waals surface area contributed by atoms with Gasteiger partial charge < -0.3 is 10.3 Å². The van der Waals surface area contributed by atoms with Crippen molar-refractivity contribution in [1.29, 1.82) is 0 Å². The smallest absolute Gasteiger partial charge is 0.234 e. The summed E-state index contributed by atoms with van der Waals surface area (Å²) in [7, 11) is 0. The van der Waals surface area contributed by atoms with Crippen LogP contribution in [-0.4, -0.2) is 21.7 Å². The van der Waals surface area contributed by atoms with E-state index in [0.29, 0.717) is 18.3 Å². The second-order valence-corrected chi connectivity index (χ2v) is 5.54. The van der Waals surface area contributed by atoms with Gasteiger partial charge in [-0.1, -0.05) is 36.9 Å². The Labute approximate surface area is 118 Å². The maximum atomic E-state index is 6.04. The van der Waals surface area contributed by atoms with Crippen LogP contribution in [0.2, 0.25) is 0 Å². The van der Waals surface area contributed by atoms with Crippen molar-refractivity contribution in [2.24, 2.45) is 5.73 Å². The molecule has 1 aliphatic rings. The van der Waals surface area contributed by atoms with Gasteiger partial charge in [-0.3, -0.25) is 4.98 Å². The molecule has 0 bridgehead atoms. The van der Waals surface area contributed by atoms with E-state index in [0.717, 1.165) is 18.5 Å². The third-order valence-corrected chi connectivity index (χ3v) is 4.23. The van der Waals surface area contributed by atoms with E-state index in [1.807, 2.05) is 18.2 Å². The van der Waals surface area contributed by atoms with E-state index in [1.54, 1.807) is 6.20 Å². The molecule has 0 atom stereocenters. The van der Waals surface area contributed by atoms with Crippen LogP contribution in [0.25, 0.3) is 11.5 Å². The van der Waals surface area contributed by atoms with Crippen molar-refractivity contribution < 1.29 is 4.52 Å². The Kier molecular flexibility index (Phi) is 3.78. The minimum Gasteiger partial charge on any atom is -0.338 e. The molecule has 0 saturated heterocycles. The molecule has 0 aromatic carbocycles. The fourth-order valence-electron chi connectivity index (χ4n) is 2.95. The molecule has 1 fully saturated rings. The summed E-state index contributed by atoms with van der Waals surface area (Å²) in [4.78, 5) is 8.83. The fourth-order valence-corrected chi connectivity index (χ4v) is 2.95. The van der Waals surface area contributed by atoms with E-state index >= 15 is 0 Å². The van der Waals surface area contributed by atoms with Gasteiger partial charge in [0.2, 0.25) is 11.7 Å². The maximum Gasteiger partial charge on any atom is 0.234 e. The van der Waals surface area contributed by atoms with Crippen molar-refractivity contribution in [3.8, 4) is 11.5 Å². The highest BCUT2D eigenvalue weighted by molar-refractivity contribution is 5.47. The number of nitrogens with two attached hydrogens (primary N) is 1. The van der Waals surface area contributed by atoms with Crippen LogP contribution in [0, 0.1) is 0 Å². The van der Waals surface area contributed by atoms with Gasteiger partial charge in [-0.15, -0.1) is 0 Å². The number of rotatable bonds is 3. The molecule has 20 heavy (non-hydrogen) atoms. The lowest BCUT2D eigenvalue weighted by Gasteiger charge is -2.26. The zero-order chi connectivity index (χ0) is 13.8. The van der Waals surface area contributed by atoms with Crippen LogP contribution >= 0.6 is 0 Å². The van der Waals surface area contributed by atoms with Gasteiger partial charge in [0.1, 0.15) is 5.69 Å². The first-order valence-electron chi connectivity index (χ1n) is 7.30. The van der Waals surface area contributed by atoms with Crippen molar-refractivity contribution in [1.82, 2.24) is 15.1 Å². The molecule has 1 saturated carbocycles. The Bertz CT molecular complexity index is 544. The average Bonchev–Trinajstić information content (AvgIpc) is 2.88. The summed E-state index contributed by atoms with van der Waals surface area (Å²) in [6.07, 6.45) is 8.69. The van der Waals surface area contributed by atoms with Gasteiger partial charge in [0.25, 0.3) is 0 Å². The maximum absolute atomic E-state index is 6.04. The summed E-state index contributed by atoms with van der Waals surface area (Å²) >= 11 is 0. The van der Waals surface area contributed by atoms with Crippen molar-refractivity contribution in [2.45, 2.75) is 43.9 Å². The van der Waals surface area contributed by atoms with E-state index in [2.05, 4.69) is 15.1 Å². The lowest BCUT2D eigenvalue weighted by molar-refractivity contribution is 0.257. The molecular weight excluding hydrogens is 252 g/mol. The molecular formula is C15H20N4O. The Morgan fingerprint density at radius 1 is 1.15 bits per heavy atom. The second-order valence-electron chi connectivity index (χ2n) is 5.54. The lowest BCUT2D eigenvalue weighted by atomic mass is 9.80. The molecule has 0 aliphatic heterocycles. The van der Waals surface area contributed by atoms with Gasteiger partial charge in [-0.25, -0.2) is 0 Å². The highest BCUT2D eigenvalue weighted by Gasteiger charge is 2.37. The molecule has 0 unspecified atom stereocenters. The van der Waals surface area contributed by atoms with Gasteiger partial charge in [-0.2, -0.15) is 4.98 Å². The highest BCUT2D eigenvalue weighted by Crippen LogP contribution is 2.37. The Morgan fingerprint density at radius 3 is 2.60 bits per heavy atom. The fraction of sp³-hybridized carbons (Fsp3) is 0.533. The van der Waals surface area contributed by atoms with Crippen LogP contribution in [0.4, 0.5) is 0 Å². The summed E-state index contributed by atoms with van der Waals surface area (Å²) in [5, 5.41) is 4.08. The Balaban J connectivity index is 1.91. The number of pyridine rings is 1. The predicted molar refractivity (Wildman–Crippen MR) is 76.0 cm³/mol. The summed E-state index contributed by atoms with van der Waals surface area (Å²) in [6, 6.07) is 5.68. The van der Waals surface area contributed by atoms with Gasteiger partial charge in [0, 0.05) is 12.7 Å². The SMILES string of the molecule is NCC1(c2nc(-c3ccccn3)no2)CCCCCC1. The minimum absolute atomic E-state index is 0.142. The van der Waals surface area contributed by atoms with E-state index in [9.17, 15) is 0 Å². The van der Waals surface area contributed by atoms with Crippen LogP contribution in [0.15, 0.2) is 28.9 Å². The minimum atomic E-state index is -0.142. The van der Waals surface area contributed by atoms with Crippen molar-refractivity contribution in [3.05, 3.63) is 30.3 Å². The topological polar surface area (TPSA) is 77.8 Å². The zero-order valence-corrected chi connectivity index (χ0v) is 11.6. The van der Waals surface area contributed by atoms with Gasteiger partial charge >= 0.3 is 0 Å². The van der Waals surface area contributed by atoms with Crippen LogP contribution < -0.4 is 5.73 Å². The molecule has 0 radical (unpaired) electrons. The second kappa shape index (κ2) is 5.71. The summed E-state index contributed by atoms with van der Waals surface area (Å²) in [5.41, 5.74) is 6.64. The summed E-state index contributed by atoms with van der Waals surface area (Å²) < 4.78 is 5.53. The molecule has 2 heterocycles. The lowest BCUT2D eigenvalue weighted by Crippen LogP contribution is -2.35. The molecule has 3 rings (SSSR count). The zero-order valence-electron chi connectivity index (χ0n) is 11.6. The van der Waals surface area contributed by atoms with Gasteiger partial charge in [0.05, 0.1) is 5.41 Å². The van der Waals surface area contributed by atoms with Crippen molar-refractivity contribution >= 4 is 0 Å². The van der Waals surface area contributed by atoms with Crippen LogP contribution in [0.5, 0.6) is 0 Å². The van der Waals surface area contributed by atoms with Crippen LogP contribution in [0.3, 0.4) is 0 Å². The first kappa shape index (κ1) is 13.2. The number of hydrogen-bond acceptors (Lipinski definition) is 5. The number of nitrogens with zero attached hydrogens (tertiary/aromatic N) is 3. The van der Waals surface area contributed by atoms with E-state index < -0.39 is 0 Å². The molecule has 1 aliphatic carbocycles. The largest absolute Gasteiger partial charge is 0.338 e. The van der Waals surface area contributed by atoms with E-state index in [4.69, 9.17) is 10.3 Å². The number of hydrogen-bond donors (Lipinski definition) is 1. The van der Waals surface area contributed by atoms with Crippen LogP contribution in [-0.2, 0) is 5.41 Å². The normalized spacial score (nSPS) is 18.6. The van der Waals surface area contributed by atoms with E-state index in [-0.39, 0.29) is 5.41 Å². The molecule has 2 N–H and O–H groups in total. The highest BCUT2D eigenvalue weighted by atomic mass is 16.5. The quantitative estimate of drug-likeness (QED) is 0.869. The Morgan fingerprint density at radius 2 is 1.95 bits per heavy atom.